The summed E-state index contributed by atoms with van der Waals surface area (Å²) in [5, 5.41) is 10.8. The zero-order chi connectivity index (χ0) is 13.1. The summed E-state index contributed by atoms with van der Waals surface area (Å²) in [7, 11) is 0. The molecule has 0 aromatic heterocycles. The topological polar surface area (TPSA) is 29.5 Å². The molecule has 0 aliphatic rings. The van der Waals surface area contributed by atoms with Crippen molar-refractivity contribution in [2.45, 2.75) is 39.7 Å². The number of aryl methyl sites for hydroxylation is 1. The molecule has 17 heavy (non-hydrogen) atoms. The molecule has 96 valence electrons. The predicted octanol–water partition coefficient (Wildman–Crippen LogP) is 3.69. The van der Waals surface area contributed by atoms with Gasteiger partial charge in [0.25, 0.3) is 0 Å². The lowest BCUT2D eigenvalue weighted by atomic mass is 9.94. The number of benzene rings is 1. The molecule has 0 spiro atoms. The standard InChI is InChI=1S/C14H21ClO2/c1-5-11-8-12(6-7-13(11)15)17-9-14(4,16)10(2)3/h6-8,10,16H,5,9H2,1-4H3. The highest BCUT2D eigenvalue weighted by Crippen LogP contribution is 2.24. The van der Waals surface area contributed by atoms with E-state index in [-0.39, 0.29) is 12.5 Å². The smallest absolute Gasteiger partial charge is 0.119 e. The highest BCUT2D eigenvalue weighted by Gasteiger charge is 2.25. The lowest BCUT2D eigenvalue weighted by Gasteiger charge is -2.27. The molecule has 0 saturated carbocycles. The van der Waals surface area contributed by atoms with Crippen LogP contribution in [0, 0.1) is 5.92 Å². The van der Waals surface area contributed by atoms with Crippen molar-refractivity contribution in [2.75, 3.05) is 6.61 Å². The van der Waals surface area contributed by atoms with Gasteiger partial charge in [-0.15, -0.1) is 0 Å². The molecule has 1 rings (SSSR count). The minimum Gasteiger partial charge on any atom is -0.491 e. The maximum absolute atomic E-state index is 10.1. The van der Waals surface area contributed by atoms with Crippen LogP contribution in [0.4, 0.5) is 0 Å². The first kappa shape index (κ1) is 14.3. The third kappa shape index (κ3) is 3.90. The van der Waals surface area contributed by atoms with Crippen LogP contribution in [0.3, 0.4) is 0 Å². The van der Waals surface area contributed by atoms with Crippen LogP contribution in [0.5, 0.6) is 5.75 Å². The summed E-state index contributed by atoms with van der Waals surface area (Å²) in [6.45, 7) is 8.07. The Hall–Kier alpha value is -0.730. The van der Waals surface area contributed by atoms with Crippen molar-refractivity contribution in [1.82, 2.24) is 0 Å². The van der Waals surface area contributed by atoms with Crippen LogP contribution < -0.4 is 4.74 Å². The molecular formula is C14H21ClO2. The number of hydrogen-bond donors (Lipinski definition) is 1. The van der Waals surface area contributed by atoms with E-state index in [9.17, 15) is 5.11 Å². The van der Waals surface area contributed by atoms with E-state index in [0.717, 1.165) is 22.8 Å². The molecule has 1 aromatic rings. The van der Waals surface area contributed by atoms with Crippen molar-refractivity contribution in [3.05, 3.63) is 28.8 Å². The fourth-order valence-corrected chi connectivity index (χ4v) is 1.56. The van der Waals surface area contributed by atoms with Crippen molar-refractivity contribution in [2.24, 2.45) is 5.92 Å². The molecule has 0 amide bonds. The van der Waals surface area contributed by atoms with E-state index in [1.54, 1.807) is 6.92 Å². The van der Waals surface area contributed by atoms with Crippen LogP contribution in [-0.4, -0.2) is 17.3 Å². The quantitative estimate of drug-likeness (QED) is 0.871. The molecule has 0 radical (unpaired) electrons. The lowest BCUT2D eigenvalue weighted by Crippen LogP contribution is -2.37. The molecule has 2 nitrogen and oxygen atoms in total. The van der Waals surface area contributed by atoms with Gasteiger partial charge in [0.15, 0.2) is 0 Å². The van der Waals surface area contributed by atoms with Gasteiger partial charge < -0.3 is 9.84 Å². The van der Waals surface area contributed by atoms with Crippen LogP contribution in [0.15, 0.2) is 18.2 Å². The second-order valence-electron chi connectivity index (χ2n) is 4.91. The van der Waals surface area contributed by atoms with E-state index in [2.05, 4.69) is 6.92 Å². The van der Waals surface area contributed by atoms with Gasteiger partial charge in [0.2, 0.25) is 0 Å². The second kappa shape index (κ2) is 5.74. The van der Waals surface area contributed by atoms with E-state index in [0.29, 0.717) is 0 Å². The van der Waals surface area contributed by atoms with Crippen LogP contribution in [0.25, 0.3) is 0 Å². The lowest BCUT2D eigenvalue weighted by molar-refractivity contribution is -0.0266. The van der Waals surface area contributed by atoms with Gasteiger partial charge in [0.1, 0.15) is 12.4 Å². The van der Waals surface area contributed by atoms with Crippen molar-refractivity contribution < 1.29 is 9.84 Å². The molecule has 0 saturated heterocycles. The summed E-state index contributed by atoms with van der Waals surface area (Å²) in [4.78, 5) is 0. The molecule has 0 fully saturated rings. The number of aliphatic hydroxyl groups is 1. The van der Waals surface area contributed by atoms with Gasteiger partial charge in [0, 0.05) is 5.02 Å². The number of hydrogen-bond acceptors (Lipinski definition) is 2. The number of ether oxygens (including phenoxy) is 1. The monoisotopic (exact) mass is 256 g/mol. The molecule has 0 aliphatic heterocycles. The van der Waals surface area contributed by atoms with Crippen molar-refractivity contribution in [1.29, 1.82) is 0 Å². The summed E-state index contributed by atoms with van der Waals surface area (Å²) < 4.78 is 5.62. The Morgan fingerprint density at radius 1 is 1.41 bits per heavy atom. The third-order valence-electron chi connectivity index (χ3n) is 3.17. The van der Waals surface area contributed by atoms with Crippen LogP contribution >= 0.6 is 11.6 Å². The minimum atomic E-state index is -0.813. The van der Waals surface area contributed by atoms with Crippen molar-refractivity contribution >= 4 is 11.6 Å². The van der Waals surface area contributed by atoms with Gasteiger partial charge in [0.05, 0.1) is 5.60 Å². The molecule has 1 atom stereocenters. The number of rotatable bonds is 5. The molecule has 1 unspecified atom stereocenters. The molecular weight excluding hydrogens is 236 g/mol. The molecule has 1 N–H and O–H groups in total. The van der Waals surface area contributed by atoms with E-state index in [1.165, 1.54) is 0 Å². The minimum absolute atomic E-state index is 0.153. The second-order valence-corrected chi connectivity index (χ2v) is 5.31. The largest absolute Gasteiger partial charge is 0.491 e. The normalized spacial score (nSPS) is 14.8. The van der Waals surface area contributed by atoms with E-state index >= 15 is 0 Å². The van der Waals surface area contributed by atoms with Crippen molar-refractivity contribution in [3.8, 4) is 5.75 Å². The highest BCUT2D eigenvalue weighted by atomic mass is 35.5. The molecule has 1 aromatic carbocycles. The average Bonchev–Trinajstić information content (AvgIpc) is 2.28. The summed E-state index contributed by atoms with van der Waals surface area (Å²) in [6.07, 6.45) is 0.872. The molecule has 0 heterocycles. The Balaban J connectivity index is 2.70. The Labute approximate surface area is 109 Å². The SMILES string of the molecule is CCc1cc(OCC(C)(O)C(C)C)ccc1Cl. The fourth-order valence-electron chi connectivity index (χ4n) is 1.31. The zero-order valence-corrected chi connectivity index (χ0v) is 11.7. The summed E-state index contributed by atoms with van der Waals surface area (Å²) >= 11 is 6.03. The molecule has 0 bridgehead atoms. The predicted molar refractivity (Wildman–Crippen MR) is 71.8 cm³/mol. The van der Waals surface area contributed by atoms with E-state index in [1.807, 2.05) is 32.0 Å². The summed E-state index contributed by atoms with van der Waals surface area (Å²) in [6, 6.07) is 5.59. The first-order valence-corrected chi connectivity index (χ1v) is 6.38. The maximum Gasteiger partial charge on any atom is 0.119 e. The first-order valence-electron chi connectivity index (χ1n) is 6.00. The van der Waals surface area contributed by atoms with Crippen LogP contribution in [0.1, 0.15) is 33.3 Å². The van der Waals surface area contributed by atoms with Gasteiger partial charge in [-0.25, -0.2) is 0 Å². The van der Waals surface area contributed by atoms with Gasteiger partial charge in [-0.2, -0.15) is 0 Å². The Kier molecular flexibility index (Phi) is 4.84. The molecule has 3 heteroatoms. The third-order valence-corrected chi connectivity index (χ3v) is 3.54. The van der Waals surface area contributed by atoms with Crippen LogP contribution in [-0.2, 0) is 6.42 Å². The summed E-state index contributed by atoms with van der Waals surface area (Å²) in [5.74, 6) is 0.910. The number of halogens is 1. The van der Waals surface area contributed by atoms with Gasteiger partial charge in [-0.3, -0.25) is 0 Å². The molecule has 0 aliphatic carbocycles. The average molecular weight is 257 g/mol. The summed E-state index contributed by atoms with van der Waals surface area (Å²) in [5.41, 5.74) is 0.250. The Morgan fingerprint density at radius 2 is 2.06 bits per heavy atom. The van der Waals surface area contributed by atoms with Gasteiger partial charge >= 0.3 is 0 Å². The maximum atomic E-state index is 10.1. The van der Waals surface area contributed by atoms with E-state index in [4.69, 9.17) is 16.3 Å². The van der Waals surface area contributed by atoms with E-state index < -0.39 is 5.60 Å². The van der Waals surface area contributed by atoms with Crippen LogP contribution in [0.2, 0.25) is 5.02 Å². The first-order chi connectivity index (χ1) is 7.86. The Morgan fingerprint density at radius 3 is 2.59 bits per heavy atom. The highest BCUT2D eigenvalue weighted by molar-refractivity contribution is 6.31. The van der Waals surface area contributed by atoms with Crippen molar-refractivity contribution in [3.63, 3.8) is 0 Å². The Bertz CT molecular complexity index is 372. The van der Waals surface area contributed by atoms with Gasteiger partial charge in [-0.1, -0.05) is 32.4 Å². The fraction of sp³-hybridized carbons (Fsp3) is 0.571. The zero-order valence-electron chi connectivity index (χ0n) is 11.0. The van der Waals surface area contributed by atoms with Gasteiger partial charge in [-0.05, 0) is 43.0 Å².